The quantitative estimate of drug-likeness (QED) is 0.620. The van der Waals surface area contributed by atoms with E-state index in [0.29, 0.717) is 0 Å². The van der Waals surface area contributed by atoms with Crippen molar-refractivity contribution >= 4 is 11.8 Å². The van der Waals surface area contributed by atoms with Crippen molar-refractivity contribution in [3.8, 4) is 0 Å². The molecule has 0 N–H and O–H groups in total. The SMILES string of the molecule is CC/C(C)=N/C=C\c1ccccc1. The molecule has 0 atom stereocenters. The van der Waals surface area contributed by atoms with Crippen LogP contribution < -0.4 is 0 Å². The lowest BCUT2D eigenvalue weighted by Crippen LogP contribution is -1.83. The Morgan fingerprint density at radius 3 is 2.62 bits per heavy atom. The Labute approximate surface area is 79.8 Å². The van der Waals surface area contributed by atoms with E-state index in [9.17, 15) is 0 Å². The normalized spacial score (nSPS) is 12.3. The van der Waals surface area contributed by atoms with E-state index in [1.807, 2.05) is 37.4 Å². The Balaban J connectivity index is 2.60. The molecule has 1 rings (SSSR count). The van der Waals surface area contributed by atoms with Crippen LogP contribution in [0.4, 0.5) is 0 Å². The van der Waals surface area contributed by atoms with Gasteiger partial charge in [0.25, 0.3) is 0 Å². The zero-order valence-corrected chi connectivity index (χ0v) is 8.20. The van der Waals surface area contributed by atoms with Gasteiger partial charge in [0.2, 0.25) is 0 Å². The summed E-state index contributed by atoms with van der Waals surface area (Å²) in [5.74, 6) is 0. The lowest BCUT2D eigenvalue weighted by Gasteiger charge is -1.90. The Bertz CT molecular complexity index is 296. The summed E-state index contributed by atoms with van der Waals surface area (Å²) in [4.78, 5) is 4.27. The number of benzene rings is 1. The minimum absolute atomic E-state index is 1.01. The molecule has 13 heavy (non-hydrogen) atoms. The fourth-order valence-electron chi connectivity index (χ4n) is 0.906. The first-order chi connectivity index (χ1) is 6.33. The van der Waals surface area contributed by atoms with Crippen LogP contribution in [0.3, 0.4) is 0 Å². The number of hydrogen-bond donors (Lipinski definition) is 0. The first kappa shape index (κ1) is 9.72. The standard InChI is InChI=1S/C12H15N/c1-3-11(2)13-10-9-12-7-5-4-6-8-12/h4-10H,3H2,1-2H3/b10-9-,13-11+. The Morgan fingerprint density at radius 1 is 1.31 bits per heavy atom. The molecule has 1 nitrogen and oxygen atoms in total. The molecular weight excluding hydrogens is 158 g/mol. The summed E-state index contributed by atoms with van der Waals surface area (Å²) in [5, 5.41) is 0. The van der Waals surface area contributed by atoms with E-state index in [1.165, 1.54) is 5.56 Å². The average molecular weight is 173 g/mol. The molecule has 0 saturated carbocycles. The van der Waals surface area contributed by atoms with Crippen LogP contribution in [0, 0.1) is 0 Å². The third kappa shape index (κ3) is 3.70. The Hall–Kier alpha value is -1.37. The Morgan fingerprint density at radius 2 is 2.00 bits per heavy atom. The summed E-state index contributed by atoms with van der Waals surface area (Å²) < 4.78 is 0. The van der Waals surface area contributed by atoms with Crippen LogP contribution in [0.25, 0.3) is 6.08 Å². The molecule has 1 aromatic carbocycles. The van der Waals surface area contributed by atoms with Gasteiger partial charge in [0.1, 0.15) is 0 Å². The minimum atomic E-state index is 1.01. The molecule has 68 valence electrons. The van der Waals surface area contributed by atoms with Crippen LogP contribution in [-0.2, 0) is 0 Å². The molecule has 0 heterocycles. The second-order valence-corrected chi connectivity index (χ2v) is 2.94. The van der Waals surface area contributed by atoms with Gasteiger partial charge >= 0.3 is 0 Å². The molecule has 0 amide bonds. The van der Waals surface area contributed by atoms with Crippen LogP contribution in [-0.4, -0.2) is 5.71 Å². The van der Waals surface area contributed by atoms with Crippen molar-refractivity contribution < 1.29 is 0 Å². The van der Waals surface area contributed by atoms with Crippen molar-refractivity contribution in [2.45, 2.75) is 20.3 Å². The highest BCUT2D eigenvalue weighted by molar-refractivity contribution is 5.82. The molecular formula is C12H15N. The van der Waals surface area contributed by atoms with Crippen molar-refractivity contribution in [3.63, 3.8) is 0 Å². The average Bonchev–Trinajstić information content (AvgIpc) is 2.19. The highest BCUT2D eigenvalue weighted by atomic mass is 14.7. The fraction of sp³-hybridized carbons (Fsp3) is 0.250. The summed E-state index contributed by atoms with van der Waals surface area (Å²) in [6.45, 7) is 4.14. The first-order valence-electron chi connectivity index (χ1n) is 4.58. The van der Waals surface area contributed by atoms with Crippen LogP contribution in [0.5, 0.6) is 0 Å². The molecule has 1 heteroatoms. The second kappa shape index (κ2) is 5.31. The zero-order chi connectivity index (χ0) is 9.52. The maximum atomic E-state index is 4.27. The molecule has 0 aliphatic carbocycles. The van der Waals surface area contributed by atoms with Gasteiger partial charge in [-0.3, -0.25) is 4.99 Å². The number of rotatable bonds is 3. The van der Waals surface area contributed by atoms with E-state index >= 15 is 0 Å². The van der Waals surface area contributed by atoms with Gasteiger partial charge < -0.3 is 0 Å². The largest absolute Gasteiger partial charge is 0.266 e. The summed E-state index contributed by atoms with van der Waals surface area (Å²) in [6.07, 6.45) is 4.88. The molecule has 0 bridgehead atoms. The van der Waals surface area contributed by atoms with Gasteiger partial charge in [0.05, 0.1) is 0 Å². The second-order valence-electron chi connectivity index (χ2n) is 2.94. The third-order valence-electron chi connectivity index (χ3n) is 1.87. The van der Waals surface area contributed by atoms with E-state index in [4.69, 9.17) is 0 Å². The van der Waals surface area contributed by atoms with Crippen molar-refractivity contribution in [1.29, 1.82) is 0 Å². The summed E-state index contributed by atoms with van der Waals surface area (Å²) in [6, 6.07) is 10.2. The van der Waals surface area contributed by atoms with Gasteiger partial charge in [0.15, 0.2) is 0 Å². The first-order valence-corrected chi connectivity index (χ1v) is 4.58. The zero-order valence-electron chi connectivity index (χ0n) is 8.20. The monoisotopic (exact) mass is 173 g/mol. The molecule has 0 aromatic heterocycles. The maximum absolute atomic E-state index is 4.27. The summed E-state index contributed by atoms with van der Waals surface area (Å²) in [7, 11) is 0. The van der Waals surface area contributed by atoms with Crippen LogP contribution in [0.2, 0.25) is 0 Å². The lowest BCUT2D eigenvalue weighted by atomic mass is 10.2. The number of hydrogen-bond acceptors (Lipinski definition) is 1. The number of nitrogens with zero attached hydrogens (tertiary/aromatic N) is 1. The van der Waals surface area contributed by atoms with Crippen LogP contribution >= 0.6 is 0 Å². The highest BCUT2D eigenvalue weighted by Gasteiger charge is 1.82. The van der Waals surface area contributed by atoms with Crippen LogP contribution in [0.15, 0.2) is 41.5 Å². The molecule has 0 aliphatic rings. The van der Waals surface area contributed by atoms with Gasteiger partial charge in [-0.15, -0.1) is 0 Å². The van der Waals surface area contributed by atoms with Gasteiger partial charge in [-0.2, -0.15) is 0 Å². The minimum Gasteiger partial charge on any atom is -0.266 e. The van der Waals surface area contributed by atoms with E-state index in [1.54, 1.807) is 0 Å². The maximum Gasteiger partial charge on any atom is 0.0273 e. The van der Waals surface area contributed by atoms with Gasteiger partial charge in [-0.1, -0.05) is 37.3 Å². The topological polar surface area (TPSA) is 12.4 Å². The highest BCUT2D eigenvalue weighted by Crippen LogP contribution is 2.01. The van der Waals surface area contributed by atoms with E-state index < -0.39 is 0 Å². The van der Waals surface area contributed by atoms with Crippen LogP contribution in [0.1, 0.15) is 25.8 Å². The Kier molecular flexibility index (Phi) is 3.97. The molecule has 0 spiro atoms. The predicted molar refractivity (Wildman–Crippen MR) is 58.9 cm³/mol. The van der Waals surface area contributed by atoms with Gasteiger partial charge in [0, 0.05) is 11.9 Å². The predicted octanol–water partition coefficient (Wildman–Crippen LogP) is 3.53. The van der Waals surface area contributed by atoms with Crippen molar-refractivity contribution in [2.24, 2.45) is 4.99 Å². The van der Waals surface area contributed by atoms with E-state index in [0.717, 1.165) is 12.1 Å². The lowest BCUT2D eigenvalue weighted by molar-refractivity contribution is 1.25. The van der Waals surface area contributed by atoms with Crippen molar-refractivity contribution in [3.05, 3.63) is 42.1 Å². The molecule has 0 saturated heterocycles. The summed E-state index contributed by atoms with van der Waals surface area (Å²) in [5.41, 5.74) is 2.35. The van der Waals surface area contributed by atoms with Gasteiger partial charge in [-0.25, -0.2) is 0 Å². The molecule has 0 radical (unpaired) electrons. The molecule has 0 aliphatic heterocycles. The van der Waals surface area contributed by atoms with Crippen molar-refractivity contribution in [1.82, 2.24) is 0 Å². The molecule has 1 aromatic rings. The van der Waals surface area contributed by atoms with Crippen molar-refractivity contribution in [2.75, 3.05) is 0 Å². The molecule has 0 unspecified atom stereocenters. The summed E-state index contributed by atoms with van der Waals surface area (Å²) >= 11 is 0. The van der Waals surface area contributed by atoms with Gasteiger partial charge in [-0.05, 0) is 25.0 Å². The third-order valence-corrected chi connectivity index (χ3v) is 1.87. The smallest absolute Gasteiger partial charge is 0.0273 e. The van der Waals surface area contributed by atoms with E-state index in [2.05, 4.69) is 24.0 Å². The fourth-order valence-corrected chi connectivity index (χ4v) is 0.906. The van der Waals surface area contributed by atoms with E-state index in [-0.39, 0.29) is 0 Å². The number of aliphatic imine (C=N–C) groups is 1. The molecule has 0 fully saturated rings.